The molecular weight excluding hydrogens is 184 g/mol. The van der Waals surface area contributed by atoms with E-state index in [9.17, 15) is 9.59 Å². The average Bonchev–Trinajstić information content (AvgIpc) is 2.32. The van der Waals surface area contributed by atoms with E-state index >= 15 is 0 Å². The van der Waals surface area contributed by atoms with Gasteiger partial charge < -0.3 is 10.1 Å². The van der Waals surface area contributed by atoms with Crippen LogP contribution in [-0.2, 0) is 11.3 Å². The maximum Gasteiger partial charge on any atom is 0.325 e. The molecule has 5 heteroatoms. The molecule has 2 N–H and O–H groups in total. The Labute approximate surface area is 81.4 Å². The zero-order chi connectivity index (χ0) is 10.9. The normalized spacial score (nSPS) is 12.8. The molecule has 0 radical (unpaired) electrons. The Balaban J connectivity index is 2.97. The molecule has 1 heterocycles. The van der Waals surface area contributed by atoms with Crippen molar-refractivity contribution in [1.29, 1.82) is 0 Å². The van der Waals surface area contributed by atoms with Crippen LogP contribution in [0.15, 0.2) is 4.79 Å². The first kappa shape index (κ1) is 10.6. The molecule has 1 unspecified atom stereocenters. The zero-order valence-electron chi connectivity index (χ0n) is 8.50. The van der Waals surface area contributed by atoms with Crippen molar-refractivity contribution in [2.75, 3.05) is 0 Å². The Morgan fingerprint density at radius 3 is 2.50 bits per heavy atom. The van der Waals surface area contributed by atoms with Crippen LogP contribution in [0.5, 0.6) is 0 Å². The van der Waals surface area contributed by atoms with Crippen molar-refractivity contribution < 1.29 is 9.90 Å². The van der Waals surface area contributed by atoms with Crippen molar-refractivity contribution in [2.45, 2.75) is 27.3 Å². The van der Waals surface area contributed by atoms with Gasteiger partial charge in [0, 0.05) is 17.9 Å². The summed E-state index contributed by atoms with van der Waals surface area (Å²) in [5.41, 5.74) is 1.34. The largest absolute Gasteiger partial charge is 0.481 e. The van der Waals surface area contributed by atoms with Crippen molar-refractivity contribution >= 4 is 5.97 Å². The van der Waals surface area contributed by atoms with Gasteiger partial charge in [-0.3, -0.25) is 9.36 Å². The van der Waals surface area contributed by atoms with Crippen LogP contribution in [0.1, 0.15) is 18.3 Å². The first-order valence-corrected chi connectivity index (χ1v) is 4.42. The van der Waals surface area contributed by atoms with Crippen molar-refractivity contribution in [2.24, 2.45) is 5.92 Å². The standard InChI is InChI=1S/C9H14N2O3/c1-5(8(12)13)4-11-7(3)6(2)10-9(11)14/h5H,4H2,1-3H3,(H,10,14)(H,12,13). The number of carboxylic acids is 1. The summed E-state index contributed by atoms with van der Waals surface area (Å²) in [6.07, 6.45) is 0. The summed E-state index contributed by atoms with van der Waals surface area (Å²) in [6, 6.07) is 0. The summed E-state index contributed by atoms with van der Waals surface area (Å²) in [7, 11) is 0. The maximum atomic E-state index is 11.3. The predicted molar refractivity (Wildman–Crippen MR) is 51.3 cm³/mol. The van der Waals surface area contributed by atoms with Gasteiger partial charge in [-0.05, 0) is 13.8 Å². The highest BCUT2D eigenvalue weighted by Gasteiger charge is 2.15. The van der Waals surface area contributed by atoms with Gasteiger partial charge >= 0.3 is 11.7 Å². The first-order chi connectivity index (χ1) is 6.43. The highest BCUT2D eigenvalue weighted by molar-refractivity contribution is 5.69. The van der Waals surface area contributed by atoms with Crippen molar-refractivity contribution in [3.63, 3.8) is 0 Å². The van der Waals surface area contributed by atoms with E-state index in [1.54, 1.807) is 20.8 Å². The summed E-state index contributed by atoms with van der Waals surface area (Å²) < 4.78 is 1.45. The molecule has 1 atom stereocenters. The summed E-state index contributed by atoms with van der Waals surface area (Å²) in [5.74, 6) is -1.45. The number of nitrogens with zero attached hydrogens (tertiary/aromatic N) is 1. The summed E-state index contributed by atoms with van der Waals surface area (Å²) in [4.78, 5) is 24.6. The van der Waals surface area contributed by atoms with E-state index in [2.05, 4.69) is 4.98 Å². The lowest BCUT2D eigenvalue weighted by Gasteiger charge is -2.07. The van der Waals surface area contributed by atoms with E-state index in [1.165, 1.54) is 4.57 Å². The van der Waals surface area contributed by atoms with Crippen molar-refractivity contribution in [3.05, 3.63) is 21.9 Å². The minimum atomic E-state index is -0.893. The van der Waals surface area contributed by atoms with Crippen LogP contribution in [0.3, 0.4) is 0 Å². The quantitative estimate of drug-likeness (QED) is 0.743. The van der Waals surface area contributed by atoms with Gasteiger partial charge in [-0.1, -0.05) is 6.92 Å². The van der Waals surface area contributed by atoms with E-state index in [1.807, 2.05) is 0 Å². The second kappa shape index (κ2) is 3.69. The minimum absolute atomic E-state index is 0.213. The number of imidazole rings is 1. The molecule has 0 spiro atoms. The molecule has 78 valence electrons. The molecule has 0 aliphatic carbocycles. The summed E-state index contributed by atoms with van der Waals surface area (Å²) in [5, 5.41) is 8.71. The molecule has 14 heavy (non-hydrogen) atoms. The molecule has 5 nitrogen and oxygen atoms in total. The molecule has 0 amide bonds. The number of aryl methyl sites for hydroxylation is 1. The smallest absolute Gasteiger partial charge is 0.325 e. The molecular formula is C9H14N2O3. The number of carboxylic acid groups (broad SMARTS) is 1. The number of nitrogens with one attached hydrogen (secondary N) is 1. The van der Waals surface area contributed by atoms with Crippen LogP contribution in [0.25, 0.3) is 0 Å². The lowest BCUT2D eigenvalue weighted by molar-refractivity contribution is -0.141. The molecule has 0 aliphatic rings. The molecule has 1 aromatic rings. The van der Waals surface area contributed by atoms with Gasteiger partial charge in [-0.25, -0.2) is 4.79 Å². The highest BCUT2D eigenvalue weighted by atomic mass is 16.4. The Morgan fingerprint density at radius 1 is 1.57 bits per heavy atom. The molecule has 1 rings (SSSR count). The molecule has 0 aromatic carbocycles. The van der Waals surface area contributed by atoms with Crippen LogP contribution in [-0.4, -0.2) is 20.6 Å². The van der Waals surface area contributed by atoms with Crippen LogP contribution >= 0.6 is 0 Å². The number of aromatic amines is 1. The Kier molecular flexibility index (Phi) is 2.78. The molecule has 0 fully saturated rings. The maximum absolute atomic E-state index is 11.3. The number of hydrogen-bond donors (Lipinski definition) is 2. The SMILES string of the molecule is Cc1[nH]c(=O)n(CC(C)C(=O)O)c1C. The highest BCUT2D eigenvalue weighted by Crippen LogP contribution is 2.04. The fraction of sp³-hybridized carbons (Fsp3) is 0.556. The number of aliphatic carboxylic acids is 1. The third-order valence-corrected chi connectivity index (χ3v) is 2.37. The van der Waals surface area contributed by atoms with Crippen LogP contribution in [0.4, 0.5) is 0 Å². The summed E-state index contributed by atoms with van der Waals surface area (Å²) >= 11 is 0. The predicted octanol–water partition coefficient (Wildman–Crippen LogP) is 0.514. The van der Waals surface area contributed by atoms with Gasteiger partial charge in [0.2, 0.25) is 0 Å². The van der Waals surface area contributed by atoms with Crippen molar-refractivity contribution in [3.8, 4) is 0 Å². The van der Waals surface area contributed by atoms with Crippen LogP contribution in [0.2, 0.25) is 0 Å². The van der Waals surface area contributed by atoms with Gasteiger partial charge in [0.1, 0.15) is 0 Å². The molecule has 0 saturated carbocycles. The van der Waals surface area contributed by atoms with E-state index in [-0.39, 0.29) is 12.2 Å². The monoisotopic (exact) mass is 198 g/mol. The second-order valence-corrected chi connectivity index (χ2v) is 3.49. The van der Waals surface area contributed by atoms with E-state index in [0.717, 1.165) is 11.4 Å². The summed E-state index contributed by atoms with van der Waals surface area (Å²) in [6.45, 7) is 5.38. The molecule has 0 aliphatic heterocycles. The van der Waals surface area contributed by atoms with E-state index in [0.29, 0.717) is 0 Å². The Hall–Kier alpha value is -1.52. The van der Waals surface area contributed by atoms with E-state index in [4.69, 9.17) is 5.11 Å². The Bertz CT molecular complexity index is 403. The van der Waals surface area contributed by atoms with Gasteiger partial charge in [-0.15, -0.1) is 0 Å². The molecule has 1 aromatic heterocycles. The van der Waals surface area contributed by atoms with E-state index < -0.39 is 11.9 Å². The zero-order valence-corrected chi connectivity index (χ0v) is 8.50. The number of hydrogen-bond acceptors (Lipinski definition) is 2. The topological polar surface area (TPSA) is 75.1 Å². The van der Waals surface area contributed by atoms with Gasteiger partial charge in [0.25, 0.3) is 0 Å². The van der Waals surface area contributed by atoms with Crippen LogP contribution < -0.4 is 5.69 Å². The van der Waals surface area contributed by atoms with Gasteiger partial charge in [-0.2, -0.15) is 0 Å². The lowest BCUT2D eigenvalue weighted by Crippen LogP contribution is -2.25. The number of rotatable bonds is 3. The fourth-order valence-corrected chi connectivity index (χ4v) is 1.24. The third-order valence-electron chi connectivity index (χ3n) is 2.37. The number of aromatic nitrogens is 2. The van der Waals surface area contributed by atoms with Gasteiger partial charge in [0.15, 0.2) is 0 Å². The van der Waals surface area contributed by atoms with Crippen molar-refractivity contribution in [1.82, 2.24) is 9.55 Å². The third kappa shape index (κ3) is 1.86. The van der Waals surface area contributed by atoms with Gasteiger partial charge in [0.05, 0.1) is 5.92 Å². The molecule has 0 saturated heterocycles. The molecule has 0 bridgehead atoms. The fourth-order valence-electron chi connectivity index (χ4n) is 1.24. The Morgan fingerprint density at radius 2 is 2.14 bits per heavy atom. The number of H-pyrrole nitrogens is 1. The van der Waals surface area contributed by atoms with Crippen LogP contribution in [0, 0.1) is 19.8 Å². The minimum Gasteiger partial charge on any atom is -0.481 e. The second-order valence-electron chi connectivity index (χ2n) is 3.49. The number of carbonyl (C=O) groups is 1. The average molecular weight is 198 g/mol. The lowest BCUT2D eigenvalue weighted by atomic mass is 10.2. The first-order valence-electron chi connectivity index (χ1n) is 4.42.